The van der Waals surface area contributed by atoms with Gasteiger partial charge in [0.2, 0.25) is 0 Å². The number of rotatable bonds is 6. The molecule has 32 heavy (non-hydrogen) atoms. The molecule has 0 saturated carbocycles. The lowest BCUT2D eigenvalue weighted by atomic mass is 10.0. The van der Waals surface area contributed by atoms with E-state index in [1.54, 1.807) is 19.2 Å². The van der Waals surface area contributed by atoms with Crippen LogP contribution in [0.3, 0.4) is 0 Å². The topological polar surface area (TPSA) is 95.7 Å². The van der Waals surface area contributed by atoms with E-state index in [0.717, 1.165) is 35.1 Å². The maximum Gasteiger partial charge on any atom is 0.407 e. The number of hydrogen-bond donors (Lipinski definition) is 2. The third-order valence-electron chi connectivity index (χ3n) is 5.31. The van der Waals surface area contributed by atoms with Crippen molar-refractivity contribution in [3.63, 3.8) is 0 Å². The minimum Gasteiger partial charge on any atom is -0.490 e. The van der Waals surface area contributed by atoms with Crippen molar-refractivity contribution in [2.45, 2.75) is 38.8 Å². The van der Waals surface area contributed by atoms with Crippen LogP contribution in [-0.4, -0.2) is 32.2 Å². The number of fused-ring (bicyclic) bond motifs is 1. The number of nitrogens with one attached hydrogen (secondary N) is 2. The van der Waals surface area contributed by atoms with Crippen LogP contribution in [-0.2, 0) is 11.2 Å². The number of carbonyl (C=O) groups excluding carboxylic acids is 1. The number of benzene rings is 2. The molecule has 1 atom stereocenters. The predicted molar refractivity (Wildman–Crippen MR) is 125 cm³/mol. The number of ether oxygens (including phenoxy) is 2. The van der Waals surface area contributed by atoms with Crippen molar-refractivity contribution in [1.82, 2.24) is 10.6 Å². The fourth-order valence-electron chi connectivity index (χ4n) is 3.85. The SMILES string of the molecule is C=C(NC(=NC)c1cccc2c1CCC2NC(=O)OC)c1ccc(OC(C)C)c(C#N)c1. The van der Waals surface area contributed by atoms with E-state index in [1.165, 1.54) is 7.11 Å². The van der Waals surface area contributed by atoms with Crippen LogP contribution in [0.5, 0.6) is 5.75 Å². The van der Waals surface area contributed by atoms with E-state index in [2.05, 4.69) is 28.3 Å². The summed E-state index contributed by atoms with van der Waals surface area (Å²) in [7, 11) is 3.08. The van der Waals surface area contributed by atoms with Gasteiger partial charge in [0.05, 0.1) is 24.8 Å². The predicted octanol–water partition coefficient (Wildman–Crippen LogP) is 4.33. The Morgan fingerprint density at radius 3 is 2.75 bits per heavy atom. The van der Waals surface area contributed by atoms with Crippen molar-refractivity contribution in [3.8, 4) is 11.8 Å². The van der Waals surface area contributed by atoms with E-state index in [-0.39, 0.29) is 12.1 Å². The number of hydrogen-bond acceptors (Lipinski definition) is 5. The molecule has 0 radical (unpaired) electrons. The largest absolute Gasteiger partial charge is 0.490 e. The zero-order valence-electron chi connectivity index (χ0n) is 18.9. The van der Waals surface area contributed by atoms with E-state index in [0.29, 0.717) is 22.8 Å². The summed E-state index contributed by atoms with van der Waals surface area (Å²) < 4.78 is 10.4. The van der Waals surface area contributed by atoms with Gasteiger partial charge in [-0.3, -0.25) is 4.99 Å². The lowest BCUT2D eigenvalue weighted by molar-refractivity contribution is 0.166. The van der Waals surface area contributed by atoms with Crippen LogP contribution >= 0.6 is 0 Å². The zero-order chi connectivity index (χ0) is 23.3. The van der Waals surface area contributed by atoms with Crippen LogP contribution < -0.4 is 15.4 Å². The molecule has 0 fully saturated rings. The van der Waals surface area contributed by atoms with Crippen LogP contribution in [0.25, 0.3) is 5.70 Å². The number of amides is 1. The zero-order valence-corrected chi connectivity index (χ0v) is 18.9. The average molecular weight is 433 g/mol. The van der Waals surface area contributed by atoms with Crippen LogP contribution in [0.15, 0.2) is 48.0 Å². The first-order valence-corrected chi connectivity index (χ1v) is 10.5. The highest BCUT2D eigenvalue weighted by molar-refractivity contribution is 6.04. The minimum atomic E-state index is -0.442. The summed E-state index contributed by atoms with van der Waals surface area (Å²) in [6.07, 6.45) is 1.14. The van der Waals surface area contributed by atoms with Gasteiger partial charge in [0.15, 0.2) is 0 Å². The Bertz CT molecular complexity index is 1100. The standard InChI is InChI=1S/C25H28N4O3/c1-15(2)32-23-12-9-17(13-18(23)14-26)16(3)28-24(27-4)21-8-6-7-20-19(21)10-11-22(20)29-25(30)31-5/h6-9,12-13,15,22H,3,10-11H2,1-2,4-5H3,(H,27,28)(H,29,30). The number of nitrogens with zero attached hydrogens (tertiary/aromatic N) is 2. The van der Waals surface area contributed by atoms with Crippen molar-refractivity contribution in [3.05, 3.63) is 70.8 Å². The summed E-state index contributed by atoms with van der Waals surface area (Å²) in [6, 6.07) is 13.5. The smallest absolute Gasteiger partial charge is 0.407 e. The minimum absolute atomic E-state index is 0.0224. The highest BCUT2D eigenvalue weighted by Gasteiger charge is 2.27. The van der Waals surface area contributed by atoms with Gasteiger partial charge in [-0.05, 0) is 61.6 Å². The van der Waals surface area contributed by atoms with E-state index in [4.69, 9.17) is 9.47 Å². The van der Waals surface area contributed by atoms with E-state index < -0.39 is 6.09 Å². The molecule has 0 aromatic heterocycles. The van der Waals surface area contributed by atoms with Gasteiger partial charge < -0.3 is 20.1 Å². The van der Waals surface area contributed by atoms with Crippen molar-refractivity contribution in [2.75, 3.05) is 14.2 Å². The number of methoxy groups -OCH3 is 1. The van der Waals surface area contributed by atoms with Crippen molar-refractivity contribution >= 4 is 17.6 Å². The number of alkyl carbamates (subject to hydrolysis) is 1. The monoisotopic (exact) mass is 432 g/mol. The maximum atomic E-state index is 11.7. The second kappa shape index (κ2) is 10.0. The van der Waals surface area contributed by atoms with Gasteiger partial charge in [0, 0.05) is 18.3 Å². The van der Waals surface area contributed by atoms with Crippen LogP contribution in [0.2, 0.25) is 0 Å². The molecule has 166 valence electrons. The van der Waals surface area contributed by atoms with Crippen LogP contribution in [0.1, 0.15) is 54.1 Å². The summed E-state index contributed by atoms with van der Waals surface area (Å²) in [5.41, 5.74) is 5.00. The summed E-state index contributed by atoms with van der Waals surface area (Å²) >= 11 is 0. The molecule has 7 heteroatoms. The van der Waals surface area contributed by atoms with E-state index in [9.17, 15) is 10.1 Å². The summed E-state index contributed by atoms with van der Waals surface area (Å²) in [6.45, 7) is 7.99. The molecule has 1 unspecified atom stereocenters. The Morgan fingerprint density at radius 2 is 2.09 bits per heavy atom. The number of aliphatic imine (C=N–C) groups is 1. The molecular formula is C25H28N4O3. The highest BCUT2D eigenvalue weighted by Crippen LogP contribution is 2.34. The summed E-state index contributed by atoms with van der Waals surface area (Å²) in [5.74, 6) is 1.22. The fraction of sp³-hybridized carbons (Fsp3) is 0.320. The second-order valence-electron chi connectivity index (χ2n) is 7.77. The molecule has 0 heterocycles. The van der Waals surface area contributed by atoms with Gasteiger partial charge in [0.25, 0.3) is 0 Å². The maximum absolute atomic E-state index is 11.7. The summed E-state index contributed by atoms with van der Waals surface area (Å²) in [4.78, 5) is 16.1. The lowest BCUT2D eigenvalue weighted by Gasteiger charge is -2.17. The molecular weight excluding hydrogens is 404 g/mol. The molecule has 0 saturated heterocycles. The molecule has 0 spiro atoms. The van der Waals surface area contributed by atoms with Gasteiger partial charge in [-0.1, -0.05) is 24.8 Å². The first kappa shape index (κ1) is 22.9. The van der Waals surface area contributed by atoms with Crippen molar-refractivity contribution in [1.29, 1.82) is 5.26 Å². The highest BCUT2D eigenvalue weighted by atomic mass is 16.5. The average Bonchev–Trinajstić information content (AvgIpc) is 3.20. The van der Waals surface area contributed by atoms with Gasteiger partial charge >= 0.3 is 6.09 Å². The van der Waals surface area contributed by atoms with Crippen LogP contribution in [0, 0.1) is 11.3 Å². The Balaban J connectivity index is 1.83. The third kappa shape index (κ3) is 4.92. The Morgan fingerprint density at radius 1 is 1.31 bits per heavy atom. The molecule has 1 aliphatic rings. The normalized spacial score (nSPS) is 15.0. The third-order valence-corrected chi connectivity index (χ3v) is 5.31. The Hall–Kier alpha value is -3.79. The van der Waals surface area contributed by atoms with E-state index >= 15 is 0 Å². The molecule has 2 aromatic carbocycles. The van der Waals surface area contributed by atoms with Crippen molar-refractivity contribution in [2.24, 2.45) is 4.99 Å². The van der Waals surface area contributed by atoms with Gasteiger partial charge in [0.1, 0.15) is 17.7 Å². The Kier molecular flexibility index (Phi) is 7.16. The lowest BCUT2D eigenvalue weighted by Crippen LogP contribution is -2.27. The van der Waals surface area contributed by atoms with Gasteiger partial charge in [-0.15, -0.1) is 0 Å². The van der Waals surface area contributed by atoms with Crippen LogP contribution in [0.4, 0.5) is 4.79 Å². The Labute approximate surface area is 188 Å². The molecule has 2 N–H and O–H groups in total. The van der Waals surface area contributed by atoms with E-state index in [1.807, 2.05) is 38.1 Å². The number of nitriles is 1. The first-order chi connectivity index (χ1) is 15.4. The molecule has 7 nitrogen and oxygen atoms in total. The fourth-order valence-corrected chi connectivity index (χ4v) is 3.85. The number of amidine groups is 1. The van der Waals surface area contributed by atoms with Gasteiger partial charge in [-0.2, -0.15) is 5.26 Å². The molecule has 0 bridgehead atoms. The summed E-state index contributed by atoms with van der Waals surface area (Å²) in [5, 5.41) is 15.7. The molecule has 3 rings (SSSR count). The first-order valence-electron chi connectivity index (χ1n) is 10.5. The molecule has 0 aliphatic heterocycles. The quantitative estimate of drug-likeness (QED) is 0.523. The van der Waals surface area contributed by atoms with Crippen molar-refractivity contribution < 1.29 is 14.3 Å². The van der Waals surface area contributed by atoms with Gasteiger partial charge in [-0.25, -0.2) is 4.79 Å². The number of carbonyl (C=O) groups is 1. The molecule has 1 aliphatic carbocycles. The molecule has 2 aromatic rings. The molecule has 1 amide bonds. The second-order valence-corrected chi connectivity index (χ2v) is 7.77.